The Morgan fingerprint density at radius 3 is 2.83 bits per heavy atom. The summed E-state index contributed by atoms with van der Waals surface area (Å²) in [6, 6.07) is 4.28. The number of carbonyl (C=O) groups is 1. The highest BCUT2D eigenvalue weighted by molar-refractivity contribution is 6.00. The number of anilines is 1. The van der Waals surface area contributed by atoms with Crippen LogP contribution in [0.3, 0.4) is 0 Å². The number of hydrogen-bond acceptors (Lipinski definition) is 5. The van der Waals surface area contributed by atoms with Crippen LogP contribution in [0.1, 0.15) is 38.5 Å². The number of amides is 1. The number of nitro benzene ring substituents is 1. The van der Waals surface area contributed by atoms with Gasteiger partial charge >= 0.3 is 0 Å². The van der Waals surface area contributed by atoms with Crippen LogP contribution in [0.25, 0.3) is 10.9 Å². The molecule has 8 heteroatoms. The van der Waals surface area contributed by atoms with Crippen molar-refractivity contribution in [3.8, 4) is 0 Å². The number of benzene rings is 1. The zero-order valence-corrected chi connectivity index (χ0v) is 12.5. The summed E-state index contributed by atoms with van der Waals surface area (Å²) in [4.78, 5) is 22.5. The van der Waals surface area contributed by atoms with E-state index in [9.17, 15) is 20.0 Å². The van der Waals surface area contributed by atoms with Crippen molar-refractivity contribution in [2.24, 2.45) is 0 Å². The lowest BCUT2D eigenvalue weighted by Crippen LogP contribution is -2.35. The zero-order valence-electron chi connectivity index (χ0n) is 12.5. The van der Waals surface area contributed by atoms with E-state index in [1.165, 1.54) is 12.1 Å². The van der Waals surface area contributed by atoms with Gasteiger partial charge in [0.1, 0.15) is 0 Å². The van der Waals surface area contributed by atoms with E-state index in [0.29, 0.717) is 23.7 Å². The van der Waals surface area contributed by atoms with Crippen LogP contribution in [0.4, 0.5) is 11.5 Å². The van der Waals surface area contributed by atoms with Crippen LogP contribution in [0.2, 0.25) is 0 Å². The average Bonchev–Trinajstić information content (AvgIpc) is 2.89. The van der Waals surface area contributed by atoms with Crippen LogP contribution in [0.15, 0.2) is 18.2 Å². The van der Waals surface area contributed by atoms with E-state index in [1.54, 1.807) is 6.07 Å². The Balaban J connectivity index is 1.76. The first-order valence-corrected chi connectivity index (χ1v) is 7.62. The van der Waals surface area contributed by atoms with Crippen LogP contribution in [0, 0.1) is 10.1 Å². The maximum Gasteiger partial charge on any atom is 0.270 e. The second-order valence-electron chi connectivity index (χ2n) is 6.07. The number of nitro groups is 1. The van der Waals surface area contributed by atoms with Crippen molar-refractivity contribution in [1.82, 2.24) is 10.2 Å². The second-order valence-corrected chi connectivity index (χ2v) is 6.07. The lowest BCUT2D eigenvalue weighted by Gasteiger charge is -2.31. The van der Waals surface area contributed by atoms with Gasteiger partial charge in [-0.2, -0.15) is 5.10 Å². The summed E-state index contributed by atoms with van der Waals surface area (Å²) < 4.78 is 0. The summed E-state index contributed by atoms with van der Waals surface area (Å²) in [6.45, 7) is 0. The molecule has 1 aromatic heterocycles. The minimum atomic E-state index is -0.958. The van der Waals surface area contributed by atoms with Gasteiger partial charge in [0, 0.05) is 12.1 Å². The number of fused-ring (bicyclic) bond motifs is 1. The van der Waals surface area contributed by atoms with Crippen molar-refractivity contribution in [1.29, 1.82) is 0 Å². The van der Waals surface area contributed by atoms with E-state index in [4.69, 9.17) is 0 Å². The molecule has 122 valence electrons. The number of rotatable bonds is 4. The Morgan fingerprint density at radius 1 is 1.39 bits per heavy atom. The lowest BCUT2D eigenvalue weighted by molar-refractivity contribution is -0.384. The number of hydrogen-bond donors (Lipinski definition) is 3. The van der Waals surface area contributed by atoms with Crippen molar-refractivity contribution in [2.75, 3.05) is 5.32 Å². The van der Waals surface area contributed by atoms with E-state index in [2.05, 4.69) is 15.5 Å². The van der Waals surface area contributed by atoms with E-state index >= 15 is 0 Å². The highest BCUT2D eigenvalue weighted by Crippen LogP contribution is 2.31. The highest BCUT2D eigenvalue weighted by Gasteiger charge is 2.32. The molecule has 0 radical (unpaired) electrons. The van der Waals surface area contributed by atoms with Crippen molar-refractivity contribution >= 4 is 28.3 Å². The number of nitrogens with zero attached hydrogens (tertiary/aromatic N) is 2. The lowest BCUT2D eigenvalue weighted by atomic mass is 9.82. The SMILES string of the molecule is O=C(CC1(O)CCCCC1)Nc1n[nH]c2ccc([N+](=O)[O-])cc12. The predicted octanol–water partition coefficient (Wildman–Crippen LogP) is 2.49. The number of aromatic nitrogens is 2. The van der Waals surface area contributed by atoms with Gasteiger partial charge < -0.3 is 10.4 Å². The Hall–Kier alpha value is -2.48. The molecule has 1 aromatic carbocycles. The third-order valence-electron chi connectivity index (χ3n) is 4.29. The molecule has 0 spiro atoms. The Bertz CT molecular complexity index is 749. The molecular formula is C15H18N4O4. The van der Waals surface area contributed by atoms with Gasteiger partial charge in [-0.15, -0.1) is 0 Å². The van der Waals surface area contributed by atoms with Gasteiger partial charge in [0.25, 0.3) is 5.69 Å². The molecule has 1 aliphatic rings. The minimum absolute atomic E-state index is 0.0102. The van der Waals surface area contributed by atoms with Gasteiger partial charge in [-0.25, -0.2) is 0 Å². The molecule has 0 unspecified atom stereocenters. The molecule has 1 heterocycles. The summed E-state index contributed by atoms with van der Waals surface area (Å²) in [5.74, 6) is -0.0950. The predicted molar refractivity (Wildman–Crippen MR) is 84.0 cm³/mol. The van der Waals surface area contributed by atoms with Crippen molar-refractivity contribution < 1.29 is 14.8 Å². The molecule has 3 rings (SSSR count). The van der Waals surface area contributed by atoms with Crippen LogP contribution >= 0.6 is 0 Å². The fourth-order valence-electron chi connectivity index (χ4n) is 3.07. The van der Waals surface area contributed by atoms with E-state index in [-0.39, 0.29) is 23.8 Å². The number of carbonyl (C=O) groups excluding carboxylic acids is 1. The summed E-state index contributed by atoms with van der Waals surface area (Å²) in [6.07, 6.45) is 4.16. The molecule has 1 fully saturated rings. The molecular weight excluding hydrogens is 300 g/mol. The maximum absolute atomic E-state index is 12.2. The first-order valence-electron chi connectivity index (χ1n) is 7.62. The van der Waals surface area contributed by atoms with Crippen LogP contribution in [0.5, 0.6) is 0 Å². The van der Waals surface area contributed by atoms with Gasteiger partial charge in [0.05, 0.1) is 27.8 Å². The molecule has 1 saturated carbocycles. The van der Waals surface area contributed by atoms with Gasteiger partial charge in [0.15, 0.2) is 5.82 Å². The summed E-state index contributed by atoms with van der Waals surface area (Å²) in [5, 5.41) is 31.1. The smallest absolute Gasteiger partial charge is 0.270 e. The minimum Gasteiger partial charge on any atom is -0.389 e. The molecule has 3 N–H and O–H groups in total. The molecule has 0 aliphatic heterocycles. The summed E-state index contributed by atoms with van der Waals surface area (Å²) in [5.41, 5.74) is -0.428. The normalized spacial score (nSPS) is 17.1. The highest BCUT2D eigenvalue weighted by atomic mass is 16.6. The number of nitrogens with one attached hydrogen (secondary N) is 2. The van der Waals surface area contributed by atoms with E-state index in [1.807, 2.05) is 0 Å². The standard InChI is InChI=1S/C15H18N4O4/c20-13(9-15(21)6-2-1-3-7-15)16-14-11-8-10(19(22)23)4-5-12(11)17-18-14/h4-5,8,21H,1-3,6-7,9H2,(H2,16,17,18,20). The molecule has 0 bridgehead atoms. The molecule has 8 nitrogen and oxygen atoms in total. The molecule has 0 saturated heterocycles. The first-order chi connectivity index (χ1) is 11.0. The van der Waals surface area contributed by atoms with Gasteiger partial charge in [-0.1, -0.05) is 19.3 Å². The molecule has 1 amide bonds. The van der Waals surface area contributed by atoms with E-state index < -0.39 is 10.5 Å². The number of non-ortho nitro benzene ring substituents is 1. The Morgan fingerprint density at radius 2 is 2.13 bits per heavy atom. The number of aliphatic hydroxyl groups is 1. The van der Waals surface area contributed by atoms with Gasteiger partial charge in [-0.3, -0.25) is 20.0 Å². The topological polar surface area (TPSA) is 121 Å². The maximum atomic E-state index is 12.2. The van der Waals surface area contributed by atoms with Crippen LogP contribution < -0.4 is 5.32 Å². The third kappa shape index (κ3) is 3.31. The fraction of sp³-hybridized carbons (Fsp3) is 0.467. The van der Waals surface area contributed by atoms with Crippen LogP contribution in [-0.4, -0.2) is 31.7 Å². The largest absolute Gasteiger partial charge is 0.389 e. The number of H-pyrrole nitrogens is 1. The summed E-state index contributed by atoms with van der Waals surface area (Å²) in [7, 11) is 0. The molecule has 23 heavy (non-hydrogen) atoms. The summed E-state index contributed by atoms with van der Waals surface area (Å²) >= 11 is 0. The van der Waals surface area contributed by atoms with Crippen molar-refractivity contribution in [3.63, 3.8) is 0 Å². The van der Waals surface area contributed by atoms with E-state index in [0.717, 1.165) is 19.3 Å². The van der Waals surface area contributed by atoms with Crippen molar-refractivity contribution in [3.05, 3.63) is 28.3 Å². The second kappa shape index (κ2) is 5.96. The Kier molecular flexibility index (Phi) is 3.99. The monoisotopic (exact) mass is 318 g/mol. The molecule has 0 atom stereocenters. The van der Waals surface area contributed by atoms with Gasteiger partial charge in [-0.05, 0) is 18.9 Å². The van der Waals surface area contributed by atoms with Gasteiger partial charge in [0.2, 0.25) is 5.91 Å². The van der Waals surface area contributed by atoms with Crippen molar-refractivity contribution in [2.45, 2.75) is 44.1 Å². The molecule has 2 aromatic rings. The Labute approximate surface area is 132 Å². The third-order valence-corrected chi connectivity index (χ3v) is 4.29. The fourth-order valence-corrected chi connectivity index (χ4v) is 3.07. The average molecular weight is 318 g/mol. The van der Waals surface area contributed by atoms with Crippen LogP contribution in [-0.2, 0) is 4.79 Å². The quantitative estimate of drug-likeness (QED) is 0.590. The number of aromatic amines is 1. The zero-order chi connectivity index (χ0) is 16.4. The molecule has 1 aliphatic carbocycles. The first kappa shape index (κ1) is 15.4.